The molecule has 3 aromatic carbocycles. The number of aromatic nitrogens is 1. The number of hydrogen-bond donors (Lipinski definition) is 1. The summed E-state index contributed by atoms with van der Waals surface area (Å²) in [6.07, 6.45) is 3.11. The molecule has 31 heavy (non-hydrogen) atoms. The van der Waals surface area contributed by atoms with Crippen LogP contribution in [0.15, 0.2) is 83.7 Å². The highest BCUT2D eigenvalue weighted by Crippen LogP contribution is 2.32. The third kappa shape index (κ3) is 3.62. The second-order valence-electron chi connectivity index (χ2n) is 7.22. The van der Waals surface area contributed by atoms with E-state index >= 15 is 0 Å². The average Bonchev–Trinajstić information content (AvgIpc) is 2.82. The third-order valence-electron chi connectivity index (χ3n) is 5.22. The average molecular weight is 409 g/mol. The van der Waals surface area contributed by atoms with Crippen molar-refractivity contribution in [3.63, 3.8) is 0 Å². The zero-order valence-electron chi connectivity index (χ0n) is 16.6. The zero-order valence-corrected chi connectivity index (χ0v) is 16.6. The maximum atomic E-state index is 13.2. The molecule has 0 fully saturated rings. The summed E-state index contributed by atoms with van der Waals surface area (Å²) < 4.78 is 11.1. The maximum absolute atomic E-state index is 13.2. The van der Waals surface area contributed by atoms with Crippen LogP contribution in [0.4, 0.5) is 0 Å². The molecule has 5 rings (SSSR count). The third-order valence-corrected chi connectivity index (χ3v) is 5.22. The summed E-state index contributed by atoms with van der Waals surface area (Å²) in [5, 5.41) is 0.823. The van der Waals surface area contributed by atoms with Gasteiger partial charge in [-0.1, -0.05) is 60.7 Å². The summed E-state index contributed by atoms with van der Waals surface area (Å²) in [6.45, 7) is 1.01. The molecule has 0 saturated carbocycles. The molecule has 152 valence electrons. The van der Waals surface area contributed by atoms with Crippen molar-refractivity contribution in [3.8, 4) is 22.6 Å². The highest BCUT2D eigenvalue weighted by atomic mass is 16.6. The first kappa shape index (κ1) is 18.9. The number of nitrogens with one attached hydrogen (secondary N) is 1. The molecule has 4 aromatic rings. The second-order valence-corrected chi connectivity index (χ2v) is 7.22. The molecular formula is C26H19NO4. The van der Waals surface area contributed by atoms with Crippen molar-refractivity contribution in [1.82, 2.24) is 4.98 Å². The van der Waals surface area contributed by atoms with Crippen molar-refractivity contribution in [2.45, 2.75) is 0 Å². The van der Waals surface area contributed by atoms with E-state index in [4.69, 9.17) is 9.47 Å². The van der Waals surface area contributed by atoms with Crippen LogP contribution in [-0.4, -0.2) is 24.0 Å². The van der Waals surface area contributed by atoms with Gasteiger partial charge in [-0.25, -0.2) is 0 Å². The van der Waals surface area contributed by atoms with E-state index in [1.165, 1.54) is 6.08 Å². The Morgan fingerprint density at radius 2 is 1.61 bits per heavy atom. The second kappa shape index (κ2) is 7.95. The van der Waals surface area contributed by atoms with Crippen LogP contribution >= 0.6 is 0 Å². The van der Waals surface area contributed by atoms with E-state index in [0.717, 1.165) is 16.5 Å². The summed E-state index contributed by atoms with van der Waals surface area (Å²) >= 11 is 0. The van der Waals surface area contributed by atoms with Crippen molar-refractivity contribution in [1.29, 1.82) is 0 Å². The van der Waals surface area contributed by atoms with Crippen LogP contribution in [0.25, 0.3) is 28.1 Å². The summed E-state index contributed by atoms with van der Waals surface area (Å²) in [6, 6.07) is 22.5. The van der Waals surface area contributed by atoms with E-state index in [2.05, 4.69) is 4.98 Å². The number of hydrogen-bond acceptors (Lipinski definition) is 4. The van der Waals surface area contributed by atoms with Gasteiger partial charge < -0.3 is 14.5 Å². The fraction of sp³-hybridized carbons (Fsp3) is 0.0769. The summed E-state index contributed by atoms with van der Waals surface area (Å²) in [5.41, 5.74) is 2.65. The van der Waals surface area contributed by atoms with Crippen LogP contribution in [-0.2, 0) is 0 Å². The Morgan fingerprint density at radius 3 is 2.45 bits per heavy atom. The number of ether oxygens (including phenoxy) is 2. The standard InChI is InChI=1S/C26H19NO4/c28-21(12-10-17-11-13-22-23(16-17)31-15-14-30-22)25-24(18-6-2-1-3-7-18)19-8-4-5-9-20(19)27-26(25)29/h1-13,16H,14-15H2,(H,27,29)/b12-10+. The minimum Gasteiger partial charge on any atom is -0.486 e. The Morgan fingerprint density at radius 1 is 0.871 bits per heavy atom. The van der Waals surface area contributed by atoms with E-state index < -0.39 is 5.56 Å². The van der Waals surface area contributed by atoms with Gasteiger partial charge in [0.05, 0.1) is 5.56 Å². The topological polar surface area (TPSA) is 68.4 Å². The smallest absolute Gasteiger partial charge is 0.260 e. The maximum Gasteiger partial charge on any atom is 0.260 e. The van der Waals surface area contributed by atoms with Gasteiger partial charge in [-0.3, -0.25) is 9.59 Å². The fourth-order valence-corrected chi connectivity index (χ4v) is 3.80. The number of carbonyl (C=O) groups is 1. The van der Waals surface area contributed by atoms with E-state index in [0.29, 0.717) is 35.8 Å². The highest BCUT2D eigenvalue weighted by molar-refractivity contribution is 6.15. The number of fused-ring (bicyclic) bond motifs is 2. The van der Waals surface area contributed by atoms with Crippen molar-refractivity contribution in [2.24, 2.45) is 0 Å². The molecule has 2 heterocycles. The van der Waals surface area contributed by atoms with Gasteiger partial charge >= 0.3 is 0 Å². The van der Waals surface area contributed by atoms with E-state index in [-0.39, 0.29) is 11.3 Å². The van der Waals surface area contributed by atoms with Crippen molar-refractivity contribution in [2.75, 3.05) is 13.2 Å². The molecular weight excluding hydrogens is 390 g/mol. The Bertz CT molecular complexity index is 1370. The Labute approximate surface area is 178 Å². The summed E-state index contributed by atoms with van der Waals surface area (Å²) in [7, 11) is 0. The molecule has 1 aliphatic rings. The van der Waals surface area contributed by atoms with Crippen LogP contribution in [0.2, 0.25) is 0 Å². The van der Waals surface area contributed by atoms with Crippen molar-refractivity contribution >= 4 is 22.8 Å². The lowest BCUT2D eigenvalue weighted by Crippen LogP contribution is -2.18. The lowest BCUT2D eigenvalue weighted by molar-refractivity contribution is 0.104. The first-order valence-electron chi connectivity index (χ1n) is 10.0. The predicted octanol–water partition coefficient (Wildman–Crippen LogP) is 4.86. The summed E-state index contributed by atoms with van der Waals surface area (Å²) in [4.78, 5) is 29.0. The minimum atomic E-state index is -0.408. The van der Waals surface area contributed by atoms with Gasteiger partial charge in [-0.2, -0.15) is 0 Å². The van der Waals surface area contributed by atoms with Crippen LogP contribution < -0.4 is 15.0 Å². The summed E-state index contributed by atoms with van der Waals surface area (Å²) in [5.74, 6) is 0.974. The highest BCUT2D eigenvalue weighted by Gasteiger charge is 2.19. The van der Waals surface area contributed by atoms with Gasteiger partial charge in [0.1, 0.15) is 13.2 Å². The first-order valence-corrected chi connectivity index (χ1v) is 10.0. The number of carbonyl (C=O) groups excluding carboxylic acids is 1. The van der Waals surface area contributed by atoms with Gasteiger partial charge in [-0.05, 0) is 35.4 Å². The van der Waals surface area contributed by atoms with E-state index in [1.54, 1.807) is 6.08 Å². The van der Waals surface area contributed by atoms with Gasteiger partial charge in [0.25, 0.3) is 5.56 Å². The monoisotopic (exact) mass is 409 g/mol. The molecule has 0 aliphatic carbocycles. The molecule has 0 bridgehead atoms. The van der Waals surface area contributed by atoms with Gasteiger partial charge in [0.2, 0.25) is 0 Å². The zero-order chi connectivity index (χ0) is 21.2. The van der Waals surface area contributed by atoms with Crippen molar-refractivity contribution in [3.05, 3.63) is 100 Å². The quantitative estimate of drug-likeness (QED) is 0.386. The first-order chi connectivity index (χ1) is 15.2. The molecule has 0 spiro atoms. The molecule has 0 radical (unpaired) electrons. The number of allylic oxidation sites excluding steroid dienone is 1. The van der Waals surface area contributed by atoms with Crippen LogP contribution in [0.5, 0.6) is 11.5 Å². The van der Waals surface area contributed by atoms with Crippen LogP contribution in [0.1, 0.15) is 15.9 Å². The lowest BCUT2D eigenvalue weighted by atomic mass is 9.94. The molecule has 0 amide bonds. The number of aromatic amines is 1. The van der Waals surface area contributed by atoms with Gasteiger partial charge in [-0.15, -0.1) is 0 Å². The Hall–Kier alpha value is -4.12. The molecule has 5 nitrogen and oxygen atoms in total. The Balaban J connectivity index is 1.60. The number of H-pyrrole nitrogens is 1. The Kier molecular flexibility index (Phi) is 4.84. The van der Waals surface area contributed by atoms with Gasteiger partial charge in [0, 0.05) is 16.5 Å². The van der Waals surface area contributed by atoms with Crippen LogP contribution in [0, 0.1) is 0 Å². The van der Waals surface area contributed by atoms with Crippen molar-refractivity contribution < 1.29 is 14.3 Å². The largest absolute Gasteiger partial charge is 0.486 e. The number of benzene rings is 3. The molecule has 1 N–H and O–H groups in total. The van der Waals surface area contributed by atoms with E-state index in [1.807, 2.05) is 72.8 Å². The number of para-hydroxylation sites is 1. The van der Waals surface area contributed by atoms with E-state index in [9.17, 15) is 9.59 Å². The fourth-order valence-electron chi connectivity index (χ4n) is 3.80. The molecule has 0 saturated heterocycles. The van der Waals surface area contributed by atoms with Gasteiger partial charge in [0.15, 0.2) is 17.3 Å². The number of rotatable bonds is 4. The molecule has 0 atom stereocenters. The number of ketones is 1. The lowest BCUT2D eigenvalue weighted by Gasteiger charge is -2.18. The number of pyridine rings is 1. The SMILES string of the molecule is O=C(/C=C/c1ccc2c(c1)OCCO2)c1c(-c2ccccc2)c2ccccc2[nH]c1=O. The van der Waals surface area contributed by atoms with Crippen LogP contribution in [0.3, 0.4) is 0 Å². The molecule has 1 aliphatic heterocycles. The molecule has 1 aromatic heterocycles. The molecule has 0 unspecified atom stereocenters. The molecule has 5 heteroatoms. The minimum absolute atomic E-state index is 0.124. The predicted molar refractivity (Wildman–Crippen MR) is 121 cm³/mol. The normalized spacial score (nSPS) is 12.9.